The van der Waals surface area contributed by atoms with Crippen molar-refractivity contribution in [3.63, 3.8) is 0 Å². The molecule has 2 aliphatic rings. The molecule has 174 valence electrons. The lowest BCUT2D eigenvalue weighted by Gasteiger charge is -2.35. The molecule has 0 aromatic carbocycles. The molecule has 9 heteroatoms. The molecule has 2 aliphatic heterocycles. The number of aryl methyl sites for hydroxylation is 1. The van der Waals surface area contributed by atoms with Crippen LogP contribution in [0.4, 0.5) is 0 Å². The summed E-state index contributed by atoms with van der Waals surface area (Å²) in [5.41, 5.74) is 0.0865. The van der Waals surface area contributed by atoms with Crippen LogP contribution in [0.5, 0.6) is 0 Å². The molecular formula is C23H34N6O3. The van der Waals surface area contributed by atoms with Crippen LogP contribution in [0.3, 0.4) is 0 Å². The van der Waals surface area contributed by atoms with Crippen molar-refractivity contribution in [3.05, 3.63) is 29.7 Å². The predicted octanol–water partition coefficient (Wildman–Crippen LogP) is 3.41. The van der Waals surface area contributed by atoms with Gasteiger partial charge in [-0.25, -0.2) is 0 Å². The van der Waals surface area contributed by atoms with Crippen molar-refractivity contribution < 1.29 is 14.0 Å². The Morgan fingerprint density at radius 3 is 2.44 bits per heavy atom. The Labute approximate surface area is 189 Å². The lowest BCUT2D eigenvalue weighted by atomic mass is 9.91. The van der Waals surface area contributed by atoms with Gasteiger partial charge >= 0.3 is 0 Å². The molecule has 2 saturated heterocycles. The van der Waals surface area contributed by atoms with Crippen LogP contribution >= 0.6 is 0 Å². The predicted molar refractivity (Wildman–Crippen MR) is 118 cm³/mol. The second-order valence-electron chi connectivity index (χ2n) is 9.86. The normalized spacial score (nSPS) is 20.6. The molecular weight excluding hydrogens is 408 g/mol. The smallest absolute Gasteiger partial charge is 0.275 e. The molecule has 9 nitrogen and oxygen atoms in total. The molecule has 0 saturated carbocycles. The summed E-state index contributed by atoms with van der Waals surface area (Å²) in [5.74, 6) is 1.38. The van der Waals surface area contributed by atoms with E-state index in [0.717, 1.165) is 38.6 Å². The van der Waals surface area contributed by atoms with Gasteiger partial charge in [-0.1, -0.05) is 20.8 Å². The Hall–Kier alpha value is -2.71. The largest absolute Gasteiger partial charge is 0.423 e. The van der Waals surface area contributed by atoms with Crippen molar-refractivity contribution in [2.75, 3.05) is 19.6 Å². The molecule has 2 aromatic rings. The van der Waals surface area contributed by atoms with E-state index >= 15 is 0 Å². The lowest BCUT2D eigenvalue weighted by Crippen LogP contribution is -2.43. The first-order valence-corrected chi connectivity index (χ1v) is 11.7. The Balaban J connectivity index is 1.44. The third kappa shape index (κ3) is 4.56. The zero-order valence-corrected chi connectivity index (χ0v) is 19.6. The Morgan fingerprint density at radius 1 is 1.06 bits per heavy atom. The maximum absolute atomic E-state index is 13.1. The summed E-state index contributed by atoms with van der Waals surface area (Å²) in [6.07, 6.45) is 6.23. The summed E-state index contributed by atoms with van der Waals surface area (Å²) in [5, 5.41) is 13.1. The molecule has 0 spiro atoms. The topological polar surface area (TPSA) is 97.4 Å². The number of carbonyl (C=O) groups is 2. The molecule has 0 bridgehead atoms. The quantitative estimate of drug-likeness (QED) is 0.720. The van der Waals surface area contributed by atoms with Crippen molar-refractivity contribution >= 4 is 11.8 Å². The molecule has 1 atom stereocenters. The van der Waals surface area contributed by atoms with Crippen LogP contribution < -0.4 is 0 Å². The molecule has 0 radical (unpaired) electrons. The van der Waals surface area contributed by atoms with Crippen LogP contribution in [0.25, 0.3) is 0 Å². The van der Waals surface area contributed by atoms with Gasteiger partial charge in [0.25, 0.3) is 5.91 Å². The fourth-order valence-corrected chi connectivity index (χ4v) is 4.58. The summed E-state index contributed by atoms with van der Waals surface area (Å²) >= 11 is 0. The second kappa shape index (κ2) is 9.03. The van der Waals surface area contributed by atoms with Gasteiger partial charge in [0.1, 0.15) is 11.7 Å². The number of amides is 2. The number of rotatable bonds is 4. The van der Waals surface area contributed by atoms with E-state index in [1.807, 2.05) is 43.7 Å². The molecule has 4 rings (SSSR count). The first-order valence-electron chi connectivity index (χ1n) is 11.7. The molecule has 0 aliphatic carbocycles. The number of aromatic nitrogens is 4. The van der Waals surface area contributed by atoms with Gasteiger partial charge in [-0.05, 0) is 45.1 Å². The Bertz CT molecular complexity index is 951. The number of likely N-dealkylation sites (tertiary alicyclic amines) is 2. The van der Waals surface area contributed by atoms with E-state index < -0.39 is 0 Å². The van der Waals surface area contributed by atoms with Crippen LogP contribution in [-0.4, -0.2) is 61.2 Å². The number of hydrogen-bond donors (Lipinski definition) is 0. The van der Waals surface area contributed by atoms with Gasteiger partial charge in [0.15, 0.2) is 0 Å². The molecule has 2 fully saturated rings. The third-order valence-electron chi connectivity index (χ3n) is 6.46. The average Bonchev–Trinajstić information content (AvgIpc) is 3.47. The van der Waals surface area contributed by atoms with Crippen LogP contribution in [0.1, 0.15) is 94.0 Å². The van der Waals surface area contributed by atoms with E-state index in [0.29, 0.717) is 37.1 Å². The monoisotopic (exact) mass is 442 g/mol. The van der Waals surface area contributed by atoms with Gasteiger partial charge in [-0.3, -0.25) is 14.3 Å². The minimum atomic E-state index is -0.367. The highest BCUT2D eigenvalue weighted by atomic mass is 16.4. The standard InChI is InChI=1S/C23H34N6O3/c1-5-28-15-11-17(26-28)21(30)29-12-7-6-8-18(29)20-25-24-19(32-20)16-9-13-27(14-10-16)22(31)23(2,3)4/h11,15-16,18H,5-10,12-14H2,1-4H3/t18-/m0/s1. The maximum atomic E-state index is 13.1. The number of piperidine rings is 2. The van der Waals surface area contributed by atoms with Gasteiger partial charge in [-0.15, -0.1) is 10.2 Å². The summed E-state index contributed by atoms with van der Waals surface area (Å²) in [6.45, 7) is 10.6. The summed E-state index contributed by atoms with van der Waals surface area (Å²) in [7, 11) is 0. The first-order chi connectivity index (χ1) is 15.3. The maximum Gasteiger partial charge on any atom is 0.275 e. The zero-order chi connectivity index (χ0) is 22.9. The SMILES string of the molecule is CCn1ccc(C(=O)N2CCCC[C@H]2c2nnc(C3CCN(C(=O)C(C)(C)C)CC3)o2)n1. The van der Waals surface area contributed by atoms with Crippen LogP contribution in [0.2, 0.25) is 0 Å². The van der Waals surface area contributed by atoms with Gasteiger partial charge < -0.3 is 14.2 Å². The molecule has 0 N–H and O–H groups in total. The Morgan fingerprint density at radius 2 is 1.78 bits per heavy atom. The summed E-state index contributed by atoms with van der Waals surface area (Å²) in [6, 6.07) is 1.55. The minimum absolute atomic E-state index is 0.0874. The van der Waals surface area contributed by atoms with Crippen LogP contribution in [0.15, 0.2) is 16.7 Å². The van der Waals surface area contributed by atoms with Gasteiger partial charge in [0.2, 0.25) is 17.7 Å². The molecule has 4 heterocycles. The van der Waals surface area contributed by atoms with E-state index in [2.05, 4.69) is 15.3 Å². The highest BCUT2D eigenvalue weighted by Crippen LogP contribution is 2.34. The zero-order valence-electron chi connectivity index (χ0n) is 19.6. The van der Waals surface area contributed by atoms with Crippen molar-refractivity contribution in [2.45, 2.75) is 78.3 Å². The second-order valence-corrected chi connectivity index (χ2v) is 9.86. The molecule has 2 amide bonds. The van der Waals surface area contributed by atoms with Gasteiger partial charge in [0.05, 0.1) is 0 Å². The molecule has 0 unspecified atom stereocenters. The van der Waals surface area contributed by atoms with Crippen molar-refractivity contribution in [1.29, 1.82) is 0 Å². The van der Waals surface area contributed by atoms with Crippen molar-refractivity contribution in [3.8, 4) is 0 Å². The average molecular weight is 443 g/mol. The summed E-state index contributed by atoms with van der Waals surface area (Å²) < 4.78 is 7.88. The Kier molecular flexibility index (Phi) is 6.35. The lowest BCUT2D eigenvalue weighted by molar-refractivity contribution is -0.140. The van der Waals surface area contributed by atoms with Crippen molar-refractivity contribution in [2.24, 2.45) is 5.41 Å². The minimum Gasteiger partial charge on any atom is -0.423 e. The first kappa shape index (κ1) is 22.5. The van der Waals surface area contributed by atoms with Gasteiger partial charge in [0, 0.05) is 43.7 Å². The summed E-state index contributed by atoms with van der Waals surface area (Å²) in [4.78, 5) is 29.4. The van der Waals surface area contributed by atoms with E-state index in [-0.39, 0.29) is 29.2 Å². The van der Waals surface area contributed by atoms with E-state index in [1.165, 1.54) is 0 Å². The number of nitrogens with zero attached hydrogens (tertiary/aromatic N) is 6. The van der Waals surface area contributed by atoms with E-state index in [1.54, 1.807) is 10.7 Å². The highest BCUT2D eigenvalue weighted by molar-refractivity contribution is 5.92. The molecule has 32 heavy (non-hydrogen) atoms. The molecule has 2 aromatic heterocycles. The van der Waals surface area contributed by atoms with Crippen molar-refractivity contribution in [1.82, 2.24) is 29.8 Å². The van der Waals surface area contributed by atoms with Gasteiger partial charge in [-0.2, -0.15) is 5.10 Å². The fourth-order valence-electron chi connectivity index (χ4n) is 4.58. The van der Waals surface area contributed by atoms with E-state index in [4.69, 9.17) is 4.42 Å². The fraction of sp³-hybridized carbons (Fsp3) is 0.696. The van der Waals surface area contributed by atoms with E-state index in [9.17, 15) is 9.59 Å². The number of carbonyl (C=O) groups excluding carboxylic acids is 2. The van der Waals surface area contributed by atoms with Crippen LogP contribution in [-0.2, 0) is 11.3 Å². The third-order valence-corrected chi connectivity index (χ3v) is 6.46. The number of hydrogen-bond acceptors (Lipinski definition) is 6. The highest BCUT2D eigenvalue weighted by Gasteiger charge is 2.36. The van der Waals surface area contributed by atoms with Crippen LogP contribution in [0, 0.1) is 5.41 Å².